The lowest BCUT2D eigenvalue weighted by atomic mass is 10.1. The molecule has 6 nitrogen and oxygen atoms in total. The van der Waals surface area contributed by atoms with Gasteiger partial charge in [-0.3, -0.25) is 9.59 Å². The van der Waals surface area contributed by atoms with Crippen molar-refractivity contribution in [2.75, 3.05) is 7.11 Å². The number of carbonyl (C=O) groups is 1. The third-order valence-corrected chi connectivity index (χ3v) is 4.99. The number of nitrogens with zero attached hydrogens (tertiary/aromatic N) is 1. The van der Waals surface area contributed by atoms with Gasteiger partial charge in [-0.2, -0.15) is 0 Å². The number of H-pyrrole nitrogens is 1. The maximum atomic E-state index is 13.4. The minimum Gasteiger partial charge on any atom is -0.496 e. The van der Waals surface area contributed by atoms with Crippen LogP contribution in [0.2, 0.25) is 0 Å². The molecule has 0 aliphatic heterocycles. The number of aryl methyl sites for hydroxylation is 1. The van der Waals surface area contributed by atoms with Crippen molar-refractivity contribution in [1.29, 1.82) is 0 Å². The largest absolute Gasteiger partial charge is 0.496 e. The van der Waals surface area contributed by atoms with Gasteiger partial charge in [0, 0.05) is 11.1 Å². The minimum absolute atomic E-state index is 0.136. The second-order valence-electron chi connectivity index (χ2n) is 7.16. The van der Waals surface area contributed by atoms with Crippen LogP contribution >= 0.6 is 0 Å². The molecule has 6 heteroatoms. The Labute approximate surface area is 173 Å². The van der Waals surface area contributed by atoms with Gasteiger partial charge in [0.05, 0.1) is 32.0 Å². The van der Waals surface area contributed by atoms with Crippen molar-refractivity contribution in [2.24, 2.45) is 0 Å². The first-order chi connectivity index (χ1) is 14.5. The Morgan fingerprint density at radius 2 is 1.90 bits per heavy atom. The summed E-state index contributed by atoms with van der Waals surface area (Å²) >= 11 is 0. The van der Waals surface area contributed by atoms with Crippen molar-refractivity contribution < 1.29 is 13.9 Å². The first-order valence-corrected chi connectivity index (χ1v) is 9.62. The van der Waals surface area contributed by atoms with Gasteiger partial charge < -0.3 is 19.0 Å². The molecule has 1 amide bonds. The maximum absolute atomic E-state index is 13.4. The topological polar surface area (TPSA) is 75.5 Å². The van der Waals surface area contributed by atoms with E-state index in [1.807, 2.05) is 37.3 Å². The first-order valence-electron chi connectivity index (χ1n) is 9.62. The molecule has 1 N–H and O–H groups in total. The molecule has 0 spiro atoms. The highest BCUT2D eigenvalue weighted by molar-refractivity contribution is 5.97. The average molecular weight is 402 g/mol. The number of aromatic amines is 1. The Morgan fingerprint density at radius 1 is 1.07 bits per heavy atom. The Morgan fingerprint density at radius 3 is 2.67 bits per heavy atom. The number of para-hydroxylation sites is 1. The van der Waals surface area contributed by atoms with E-state index in [0.717, 1.165) is 16.5 Å². The SMILES string of the molecule is COc1ccccc1C(=O)N(Cc1ccco1)Cc1cc2ccc(C)cc2[nH]c1=O. The number of nitrogens with one attached hydrogen (secondary N) is 1. The molecule has 0 atom stereocenters. The highest BCUT2D eigenvalue weighted by atomic mass is 16.5. The fourth-order valence-corrected chi connectivity index (χ4v) is 3.46. The third kappa shape index (κ3) is 3.98. The van der Waals surface area contributed by atoms with Gasteiger partial charge in [0.2, 0.25) is 0 Å². The highest BCUT2D eigenvalue weighted by Gasteiger charge is 2.22. The fourth-order valence-electron chi connectivity index (χ4n) is 3.46. The van der Waals surface area contributed by atoms with Crippen LogP contribution in [0.3, 0.4) is 0 Å². The summed E-state index contributed by atoms with van der Waals surface area (Å²) < 4.78 is 10.8. The zero-order valence-electron chi connectivity index (χ0n) is 16.8. The number of benzene rings is 2. The lowest BCUT2D eigenvalue weighted by Crippen LogP contribution is -2.32. The molecule has 0 saturated heterocycles. The van der Waals surface area contributed by atoms with Crippen LogP contribution in [0.15, 0.2) is 76.1 Å². The summed E-state index contributed by atoms with van der Waals surface area (Å²) in [6, 6.07) is 18.3. The number of ether oxygens (including phenoxy) is 1. The normalized spacial score (nSPS) is 10.9. The number of pyridine rings is 1. The minimum atomic E-state index is -0.243. The third-order valence-electron chi connectivity index (χ3n) is 4.99. The maximum Gasteiger partial charge on any atom is 0.258 e. The molecule has 2 aromatic heterocycles. The average Bonchev–Trinajstić information content (AvgIpc) is 3.26. The predicted molar refractivity (Wildman–Crippen MR) is 115 cm³/mol. The van der Waals surface area contributed by atoms with E-state index in [9.17, 15) is 9.59 Å². The van der Waals surface area contributed by atoms with Crippen molar-refractivity contribution in [3.05, 3.63) is 99.7 Å². The molecular weight excluding hydrogens is 380 g/mol. The number of aromatic nitrogens is 1. The van der Waals surface area contributed by atoms with Crippen LogP contribution in [0.5, 0.6) is 5.75 Å². The summed E-state index contributed by atoms with van der Waals surface area (Å²) in [5.74, 6) is 0.869. The summed E-state index contributed by atoms with van der Waals surface area (Å²) in [7, 11) is 1.53. The zero-order chi connectivity index (χ0) is 21.1. The van der Waals surface area contributed by atoms with E-state index in [-0.39, 0.29) is 24.6 Å². The van der Waals surface area contributed by atoms with Gasteiger partial charge in [0.1, 0.15) is 11.5 Å². The Balaban J connectivity index is 1.72. The van der Waals surface area contributed by atoms with Crippen LogP contribution in [0.4, 0.5) is 0 Å². The fraction of sp³-hybridized carbons (Fsp3) is 0.167. The van der Waals surface area contributed by atoms with Crippen LogP contribution in [-0.4, -0.2) is 22.9 Å². The molecule has 30 heavy (non-hydrogen) atoms. The second-order valence-corrected chi connectivity index (χ2v) is 7.16. The monoisotopic (exact) mass is 402 g/mol. The smallest absolute Gasteiger partial charge is 0.258 e. The van der Waals surface area contributed by atoms with Crippen molar-refractivity contribution in [2.45, 2.75) is 20.0 Å². The van der Waals surface area contributed by atoms with Crippen molar-refractivity contribution in [3.8, 4) is 5.75 Å². The number of fused-ring (bicyclic) bond motifs is 1. The number of rotatable bonds is 6. The quantitative estimate of drug-likeness (QED) is 0.522. The molecule has 4 rings (SSSR count). The highest BCUT2D eigenvalue weighted by Crippen LogP contribution is 2.22. The molecule has 0 aliphatic carbocycles. The van der Waals surface area contributed by atoms with E-state index in [0.29, 0.717) is 22.6 Å². The second kappa shape index (κ2) is 8.29. The number of hydrogen-bond acceptors (Lipinski definition) is 4. The van der Waals surface area contributed by atoms with Gasteiger partial charge in [-0.05, 0) is 54.3 Å². The van der Waals surface area contributed by atoms with Gasteiger partial charge in [0.15, 0.2) is 0 Å². The van der Waals surface area contributed by atoms with Crippen LogP contribution in [0.1, 0.15) is 27.2 Å². The van der Waals surface area contributed by atoms with E-state index in [1.165, 1.54) is 7.11 Å². The van der Waals surface area contributed by atoms with Crippen LogP contribution in [0, 0.1) is 6.92 Å². The van der Waals surface area contributed by atoms with Gasteiger partial charge in [-0.1, -0.05) is 24.3 Å². The molecule has 2 aromatic carbocycles. The lowest BCUT2D eigenvalue weighted by molar-refractivity contribution is 0.0713. The molecule has 152 valence electrons. The van der Waals surface area contributed by atoms with Crippen molar-refractivity contribution in [3.63, 3.8) is 0 Å². The standard InChI is InChI=1S/C24H22N2O4/c1-16-9-10-17-13-18(23(27)25-21(17)12-16)14-26(15-19-6-5-11-30-19)24(28)20-7-3-4-8-22(20)29-2/h3-13H,14-15H2,1-2H3,(H,25,27). The molecule has 0 aliphatic rings. The number of methoxy groups -OCH3 is 1. The number of carbonyl (C=O) groups excluding carboxylic acids is 1. The van der Waals surface area contributed by atoms with E-state index >= 15 is 0 Å². The van der Waals surface area contributed by atoms with Crippen LogP contribution in [-0.2, 0) is 13.1 Å². The number of hydrogen-bond donors (Lipinski definition) is 1. The Bertz CT molecular complexity index is 1240. The van der Waals surface area contributed by atoms with Gasteiger partial charge in [-0.25, -0.2) is 0 Å². The predicted octanol–water partition coefficient (Wildman–Crippen LogP) is 4.28. The zero-order valence-corrected chi connectivity index (χ0v) is 16.8. The van der Waals surface area contributed by atoms with E-state index < -0.39 is 0 Å². The Kier molecular flexibility index (Phi) is 5.39. The van der Waals surface area contributed by atoms with Gasteiger partial charge in [-0.15, -0.1) is 0 Å². The van der Waals surface area contributed by atoms with Gasteiger partial charge in [0.25, 0.3) is 11.5 Å². The molecule has 0 unspecified atom stereocenters. The summed E-state index contributed by atoms with van der Waals surface area (Å²) in [6.45, 7) is 2.34. The lowest BCUT2D eigenvalue weighted by Gasteiger charge is -2.22. The van der Waals surface area contributed by atoms with Crippen LogP contribution < -0.4 is 10.3 Å². The summed E-state index contributed by atoms with van der Waals surface area (Å²) in [6.07, 6.45) is 1.56. The Hall–Kier alpha value is -3.80. The molecule has 4 aromatic rings. The van der Waals surface area contributed by atoms with Crippen molar-refractivity contribution in [1.82, 2.24) is 9.88 Å². The molecule has 0 radical (unpaired) electrons. The summed E-state index contributed by atoms with van der Waals surface area (Å²) in [5.41, 5.74) is 2.56. The van der Waals surface area contributed by atoms with E-state index in [2.05, 4.69) is 4.98 Å². The molecule has 2 heterocycles. The molecular formula is C24H22N2O4. The first kappa shape index (κ1) is 19.5. The van der Waals surface area contributed by atoms with Crippen molar-refractivity contribution >= 4 is 16.8 Å². The number of amides is 1. The summed E-state index contributed by atoms with van der Waals surface area (Å²) in [5, 5.41) is 0.915. The molecule has 0 bridgehead atoms. The van der Waals surface area contributed by atoms with E-state index in [1.54, 1.807) is 41.5 Å². The van der Waals surface area contributed by atoms with Crippen LogP contribution in [0.25, 0.3) is 10.9 Å². The molecule has 0 fully saturated rings. The van der Waals surface area contributed by atoms with E-state index in [4.69, 9.17) is 9.15 Å². The van der Waals surface area contributed by atoms with Gasteiger partial charge >= 0.3 is 0 Å². The number of furan rings is 1. The summed E-state index contributed by atoms with van der Waals surface area (Å²) in [4.78, 5) is 30.6. The molecule has 0 saturated carbocycles.